The number of nitrogens with two attached hydrogens (primary N) is 1. The summed E-state index contributed by atoms with van der Waals surface area (Å²) < 4.78 is 5.00. The van der Waals surface area contributed by atoms with Crippen LogP contribution in [0.5, 0.6) is 5.75 Å². The fraction of sp³-hybridized carbons (Fsp3) is 0.417. The van der Waals surface area contributed by atoms with Crippen molar-refractivity contribution in [3.8, 4) is 5.75 Å². The molecule has 0 aromatic heterocycles. The number of carbonyl (C=O) groups excluding carboxylic acids is 1. The number of aryl methyl sites for hydroxylation is 1. The zero-order valence-electron chi connectivity index (χ0n) is 9.93. The Morgan fingerprint density at radius 3 is 2.47 bits per heavy atom. The summed E-state index contributed by atoms with van der Waals surface area (Å²) in [6.45, 7) is 4.70. The van der Waals surface area contributed by atoms with E-state index in [0.717, 1.165) is 25.1 Å². The van der Waals surface area contributed by atoms with Crippen molar-refractivity contribution in [2.75, 3.05) is 32.0 Å². The second-order valence-electron chi connectivity index (χ2n) is 3.77. The van der Waals surface area contributed by atoms with Crippen LogP contribution in [0.3, 0.4) is 0 Å². The number of morpholine rings is 1. The predicted molar refractivity (Wildman–Crippen MR) is 65.7 cm³/mol. The summed E-state index contributed by atoms with van der Waals surface area (Å²) in [5.74, 6) is 0.192. The minimum absolute atomic E-state index is 0.192. The summed E-state index contributed by atoms with van der Waals surface area (Å²) >= 11 is 0. The van der Waals surface area contributed by atoms with Gasteiger partial charge in [0.2, 0.25) is 6.41 Å². The molecule has 0 saturated carbocycles. The Morgan fingerprint density at radius 2 is 2.06 bits per heavy atom. The molecule has 1 amide bonds. The Balaban J connectivity index is 0.000000171. The molecule has 1 fully saturated rings. The lowest BCUT2D eigenvalue weighted by atomic mass is 10.2. The zero-order valence-corrected chi connectivity index (χ0v) is 9.93. The van der Waals surface area contributed by atoms with Gasteiger partial charge in [0.25, 0.3) is 0 Å². The molecule has 3 N–H and O–H groups in total. The van der Waals surface area contributed by atoms with E-state index in [1.807, 2.05) is 19.1 Å². The van der Waals surface area contributed by atoms with Crippen LogP contribution in [0.4, 0.5) is 5.69 Å². The van der Waals surface area contributed by atoms with E-state index in [-0.39, 0.29) is 5.75 Å². The average Bonchev–Trinajstić information content (AvgIpc) is 2.37. The number of hydrogen-bond donors (Lipinski definition) is 2. The maximum atomic E-state index is 10.0. The number of phenols is 1. The molecule has 94 valence electrons. The summed E-state index contributed by atoms with van der Waals surface area (Å²) in [4.78, 5) is 11.7. The van der Waals surface area contributed by atoms with Crippen molar-refractivity contribution in [3.05, 3.63) is 23.8 Å². The van der Waals surface area contributed by atoms with Crippen LogP contribution >= 0.6 is 0 Å². The van der Waals surface area contributed by atoms with Crippen LogP contribution in [0.2, 0.25) is 0 Å². The Morgan fingerprint density at radius 1 is 1.41 bits per heavy atom. The molecule has 0 aliphatic carbocycles. The maximum Gasteiger partial charge on any atom is 0.209 e. The van der Waals surface area contributed by atoms with Gasteiger partial charge >= 0.3 is 0 Å². The number of rotatable bonds is 1. The highest BCUT2D eigenvalue weighted by Gasteiger charge is 2.05. The fourth-order valence-corrected chi connectivity index (χ4v) is 1.36. The Hall–Kier alpha value is -1.75. The van der Waals surface area contributed by atoms with E-state index in [0.29, 0.717) is 18.9 Å². The number of phenolic OH excluding ortho intramolecular Hbond substituents is 1. The standard InChI is InChI=1S/C7H9NO.C5H9NO2/c1-5-3-2-4-6(8)7(5)9;7-5-6-1-3-8-4-2-6/h2-4,9H,8H2,1H3;5H,1-4H2. The molecule has 2 rings (SSSR count). The topological polar surface area (TPSA) is 75.8 Å². The molecule has 1 aromatic carbocycles. The molecular formula is C12H18N2O3. The first-order valence-corrected chi connectivity index (χ1v) is 5.46. The van der Waals surface area contributed by atoms with Crippen LogP contribution in [0.15, 0.2) is 18.2 Å². The molecule has 1 aliphatic rings. The number of hydrogen-bond acceptors (Lipinski definition) is 4. The van der Waals surface area contributed by atoms with E-state index < -0.39 is 0 Å². The monoisotopic (exact) mass is 238 g/mol. The molecule has 17 heavy (non-hydrogen) atoms. The number of ether oxygens (including phenoxy) is 1. The molecule has 5 nitrogen and oxygen atoms in total. The molecule has 0 radical (unpaired) electrons. The van der Waals surface area contributed by atoms with Crippen molar-refractivity contribution in [2.24, 2.45) is 0 Å². The number of nitrogen functional groups attached to an aromatic ring is 1. The van der Waals surface area contributed by atoms with Gasteiger partial charge in [0.1, 0.15) is 5.75 Å². The average molecular weight is 238 g/mol. The Kier molecular flexibility index (Phi) is 5.29. The maximum absolute atomic E-state index is 10.0. The lowest BCUT2D eigenvalue weighted by molar-refractivity contribution is -0.121. The van der Waals surface area contributed by atoms with Crippen LogP contribution in [0, 0.1) is 6.92 Å². The van der Waals surface area contributed by atoms with Crippen molar-refractivity contribution >= 4 is 12.1 Å². The third-order valence-electron chi connectivity index (χ3n) is 2.46. The number of para-hydroxylation sites is 1. The van der Waals surface area contributed by atoms with Crippen molar-refractivity contribution in [1.82, 2.24) is 4.90 Å². The molecule has 0 unspecified atom stereocenters. The predicted octanol–water partition coefficient (Wildman–Crippen LogP) is 0.758. The van der Waals surface area contributed by atoms with Gasteiger partial charge in [-0.1, -0.05) is 12.1 Å². The molecule has 0 atom stereocenters. The van der Waals surface area contributed by atoms with Gasteiger partial charge in [-0.15, -0.1) is 0 Å². The van der Waals surface area contributed by atoms with Crippen molar-refractivity contribution in [1.29, 1.82) is 0 Å². The van der Waals surface area contributed by atoms with Gasteiger partial charge in [-0.2, -0.15) is 0 Å². The second kappa shape index (κ2) is 6.75. The summed E-state index contributed by atoms with van der Waals surface area (Å²) in [6.07, 6.45) is 0.864. The summed E-state index contributed by atoms with van der Waals surface area (Å²) in [6, 6.07) is 5.29. The number of anilines is 1. The number of carbonyl (C=O) groups is 1. The molecule has 1 saturated heterocycles. The molecule has 0 spiro atoms. The minimum Gasteiger partial charge on any atom is -0.506 e. The number of nitrogens with zero attached hydrogens (tertiary/aromatic N) is 1. The fourth-order valence-electron chi connectivity index (χ4n) is 1.36. The van der Waals surface area contributed by atoms with Gasteiger partial charge in [0.15, 0.2) is 0 Å². The minimum atomic E-state index is 0.192. The lowest BCUT2D eigenvalue weighted by Crippen LogP contribution is -2.34. The van der Waals surface area contributed by atoms with Crippen molar-refractivity contribution in [2.45, 2.75) is 6.92 Å². The smallest absolute Gasteiger partial charge is 0.209 e. The third kappa shape index (κ3) is 4.32. The highest BCUT2D eigenvalue weighted by molar-refractivity contribution is 5.55. The molecule has 5 heteroatoms. The van der Waals surface area contributed by atoms with E-state index in [4.69, 9.17) is 15.6 Å². The third-order valence-corrected chi connectivity index (χ3v) is 2.46. The SMILES string of the molecule is Cc1cccc(N)c1O.O=CN1CCOCC1. The van der Waals surface area contributed by atoms with E-state index in [1.165, 1.54) is 0 Å². The number of aromatic hydroxyl groups is 1. The molecule has 0 bridgehead atoms. The van der Waals surface area contributed by atoms with E-state index in [9.17, 15) is 4.79 Å². The van der Waals surface area contributed by atoms with Crippen LogP contribution in [0.25, 0.3) is 0 Å². The Bertz CT molecular complexity index is 343. The van der Waals surface area contributed by atoms with Gasteiger partial charge < -0.3 is 20.5 Å². The van der Waals surface area contributed by atoms with Crippen molar-refractivity contribution < 1.29 is 14.6 Å². The van der Waals surface area contributed by atoms with E-state index in [1.54, 1.807) is 11.0 Å². The normalized spacial score (nSPS) is 14.8. The first kappa shape index (κ1) is 13.3. The Labute approximate surface area is 101 Å². The summed E-state index contributed by atoms with van der Waals surface area (Å²) in [5.41, 5.74) is 6.63. The number of amides is 1. The molecular weight excluding hydrogens is 220 g/mol. The van der Waals surface area contributed by atoms with Crippen molar-refractivity contribution in [3.63, 3.8) is 0 Å². The lowest BCUT2D eigenvalue weighted by Gasteiger charge is -2.21. The van der Waals surface area contributed by atoms with Gasteiger partial charge in [-0.3, -0.25) is 4.79 Å². The summed E-state index contributed by atoms with van der Waals surface area (Å²) in [7, 11) is 0. The molecule has 1 aliphatic heterocycles. The largest absolute Gasteiger partial charge is 0.506 e. The van der Waals surface area contributed by atoms with Gasteiger partial charge in [0.05, 0.1) is 18.9 Å². The van der Waals surface area contributed by atoms with Crippen LogP contribution in [-0.4, -0.2) is 42.7 Å². The van der Waals surface area contributed by atoms with Crippen LogP contribution in [-0.2, 0) is 9.53 Å². The van der Waals surface area contributed by atoms with Gasteiger partial charge in [0, 0.05) is 13.1 Å². The van der Waals surface area contributed by atoms with Crippen LogP contribution in [0.1, 0.15) is 5.56 Å². The van der Waals surface area contributed by atoms with E-state index in [2.05, 4.69) is 0 Å². The van der Waals surface area contributed by atoms with Gasteiger partial charge in [-0.25, -0.2) is 0 Å². The van der Waals surface area contributed by atoms with E-state index >= 15 is 0 Å². The zero-order chi connectivity index (χ0) is 12.7. The highest BCUT2D eigenvalue weighted by Crippen LogP contribution is 2.22. The first-order chi connectivity index (χ1) is 8.15. The van der Waals surface area contributed by atoms with Gasteiger partial charge in [-0.05, 0) is 18.6 Å². The second-order valence-corrected chi connectivity index (χ2v) is 3.77. The quantitative estimate of drug-likeness (QED) is 0.430. The number of benzene rings is 1. The first-order valence-electron chi connectivity index (χ1n) is 5.46. The summed E-state index contributed by atoms with van der Waals surface area (Å²) in [5, 5.41) is 9.08. The van der Waals surface area contributed by atoms with Crippen LogP contribution < -0.4 is 5.73 Å². The molecule has 1 aromatic rings. The molecule has 1 heterocycles. The highest BCUT2D eigenvalue weighted by atomic mass is 16.5.